The molecule has 4 nitrogen and oxygen atoms in total. The fraction of sp³-hybridized carbons (Fsp3) is 0.118. The SMILES string of the molecule is Cc1cc(-c2cc(N)no2)ccc1OCc1ccccc1. The molecule has 1 aromatic heterocycles. The number of rotatable bonds is 4. The van der Waals surface area contributed by atoms with E-state index in [9.17, 15) is 0 Å². The molecule has 3 aromatic rings. The number of nitrogens with two attached hydrogens (primary N) is 1. The molecule has 106 valence electrons. The number of ether oxygens (including phenoxy) is 1. The van der Waals surface area contributed by atoms with Gasteiger partial charge in [-0.25, -0.2) is 0 Å². The third kappa shape index (κ3) is 3.05. The second-order valence-corrected chi connectivity index (χ2v) is 4.87. The van der Waals surface area contributed by atoms with Crippen LogP contribution in [0.5, 0.6) is 5.75 Å². The van der Waals surface area contributed by atoms with Gasteiger partial charge in [-0.05, 0) is 36.2 Å². The monoisotopic (exact) mass is 280 g/mol. The van der Waals surface area contributed by atoms with Gasteiger partial charge in [-0.15, -0.1) is 0 Å². The Kier molecular flexibility index (Phi) is 3.60. The van der Waals surface area contributed by atoms with E-state index in [0.717, 1.165) is 22.4 Å². The first kappa shape index (κ1) is 13.2. The lowest BCUT2D eigenvalue weighted by atomic mass is 10.1. The van der Waals surface area contributed by atoms with E-state index in [-0.39, 0.29) is 0 Å². The van der Waals surface area contributed by atoms with E-state index in [1.165, 1.54) is 0 Å². The number of anilines is 1. The first-order valence-electron chi connectivity index (χ1n) is 6.72. The van der Waals surface area contributed by atoms with Crippen LogP contribution in [-0.4, -0.2) is 5.16 Å². The fourth-order valence-electron chi connectivity index (χ4n) is 2.12. The van der Waals surface area contributed by atoms with Gasteiger partial charge in [0.1, 0.15) is 12.4 Å². The van der Waals surface area contributed by atoms with E-state index in [1.54, 1.807) is 6.07 Å². The molecule has 0 atom stereocenters. The summed E-state index contributed by atoms with van der Waals surface area (Å²) in [7, 11) is 0. The molecule has 2 aromatic carbocycles. The number of nitrogens with zero attached hydrogens (tertiary/aromatic N) is 1. The maximum atomic E-state index is 5.85. The molecular weight excluding hydrogens is 264 g/mol. The van der Waals surface area contributed by atoms with Crippen LogP contribution in [0.25, 0.3) is 11.3 Å². The van der Waals surface area contributed by atoms with E-state index >= 15 is 0 Å². The van der Waals surface area contributed by atoms with Crippen LogP contribution < -0.4 is 10.5 Å². The van der Waals surface area contributed by atoms with Crippen molar-refractivity contribution >= 4 is 5.82 Å². The highest BCUT2D eigenvalue weighted by Gasteiger charge is 2.07. The summed E-state index contributed by atoms with van der Waals surface area (Å²) in [6, 6.07) is 17.7. The minimum absolute atomic E-state index is 0.382. The highest BCUT2D eigenvalue weighted by molar-refractivity contribution is 5.62. The molecule has 0 saturated heterocycles. The molecule has 0 aliphatic carbocycles. The van der Waals surface area contributed by atoms with Gasteiger partial charge in [0.05, 0.1) is 0 Å². The molecule has 0 amide bonds. The second-order valence-electron chi connectivity index (χ2n) is 4.87. The molecule has 0 unspecified atom stereocenters. The van der Waals surface area contributed by atoms with Crippen LogP contribution in [0.4, 0.5) is 5.82 Å². The largest absolute Gasteiger partial charge is 0.489 e. The van der Waals surface area contributed by atoms with Gasteiger partial charge in [-0.2, -0.15) is 0 Å². The molecule has 21 heavy (non-hydrogen) atoms. The lowest BCUT2D eigenvalue weighted by molar-refractivity contribution is 0.304. The predicted octanol–water partition coefficient (Wildman–Crippen LogP) is 3.81. The zero-order chi connectivity index (χ0) is 14.7. The number of aromatic nitrogens is 1. The zero-order valence-corrected chi connectivity index (χ0v) is 11.7. The first-order valence-corrected chi connectivity index (χ1v) is 6.72. The zero-order valence-electron chi connectivity index (χ0n) is 11.7. The van der Waals surface area contributed by atoms with Crippen LogP contribution in [0.3, 0.4) is 0 Å². The van der Waals surface area contributed by atoms with Gasteiger partial charge in [0.15, 0.2) is 11.6 Å². The number of hydrogen-bond donors (Lipinski definition) is 1. The Bertz CT molecular complexity index is 736. The normalized spacial score (nSPS) is 10.5. The van der Waals surface area contributed by atoms with E-state index in [4.69, 9.17) is 15.0 Å². The van der Waals surface area contributed by atoms with Gasteiger partial charge >= 0.3 is 0 Å². The van der Waals surface area contributed by atoms with Crippen LogP contribution in [0, 0.1) is 6.92 Å². The van der Waals surface area contributed by atoms with Gasteiger partial charge in [0.2, 0.25) is 0 Å². The van der Waals surface area contributed by atoms with Crippen LogP contribution in [0.2, 0.25) is 0 Å². The summed E-state index contributed by atoms with van der Waals surface area (Å²) >= 11 is 0. The molecular formula is C17H16N2O2. The molecule has 0 bridgehead atoms. The maximum absolute atomic E-state index is 5.85. The molecule has 4 heteroatoms. The highest BCUT2D eigenvalue weighted by Crippen LogP contribution is 2.27. The van der Waals surface area contributed by atoms with Crippen molar-refractivity contribution in [1.29, 1.82) is 0 Å². The van der Waals surface area contributed by atoms with Crippen molar-refractivity contribution in [2.24, 2.45) is 0 Å². The van der Waals surface area contributed by atoms with Crippen molar-refractivity contribution in [3.05, 3.63) is 65.7 Å². The standard InChI is InChI=1S/C17H16N2O2/c1-12-9-14(16-10-17(18)19-21-16)7-8-15(12)20-11-13-5-3-2-4-6-13/h2-10H,11H2,1H3,(H2,18,19). The van der Waals surface area contributed by atoms with Crippen molar-refractivity contribution in [2.75, 3.05) is 5.73 Å². The molecule has 3 rings (SSSR count). The van der Waals surface area contributed by atoms with Crippen LogP contribution in [0.1, 0.15) is 11.1 Å². The van der Waals surface area contributed by atoms with E-state index in [0.29, 0.717) is 18.2 Å². The van der Waals surface area contributed by atoms with Crippen LogP contribution >= 0.6 is 0 Å². The van der Waals surface area contributed by atoms with E-state index in [1.807, 2.05) is 55.5 Å². The average Bonchev–Trinajstić information content (AvgIpc) is 2.93. The lowest BCUT2D eigenvalue weighted by Gasteiger charge is -2.10. The second kappa shape index (κ2) is 5.71. The quantitative estimate of drug-likeness (QED) is 0.789. The summed E-state index contributed by atoms with van der Waals surface area (Å²) in [6.07, 6.45) is 0. The van der Waals surface area contributed by atoms with E-state index in [2.05, 4.69) is 5.16 Å². The predicted molar refractivity (Wildman–Crippen MR) is 81.9 cm³/mol. The fourth-order valence-corrected chi connectivity index (χ4v) is 2.12. The molecule has 0 aliphatic rings. The Morgan fingerprint density at radius 3 is 2.57 bits per heavy atom. The number of hydrogen-bond acceptors (Lipinski definition) is 4. The molecule has 0 aliphatic heterocycles. The van der Waals surface area contributed by atoms with Gasteiger partial charge in [-0.1, -0.05) is 35.5 Å². The van der Waals surface area contributed by atoms with Crippen molar-refractivity contribution in [1.82, 2.24) is 5.16 Å². The maximum Gasteiger partial charge on any atom is 0.169 e. The molecule has 0 saturated carbocycles. The Hall–Kier alpha value is -2.75. The van der Waals surface area contributed by atoms with E-state index < -0.39 is 0 Å². The Balaban J connectivity index is 1.75. The van der Waals surface area contributed by atoms with Gasteiger partial charge in [0.25, 0.3) is 0 Å². The van der Waals surface area contributed by atoms with Crippen molar-refractivity contribution < 1.29 is 9.26 Å². The molecule has 2 N–H and O–H groups in total. The summed E-state index contributed by atoms with van der Waals surface area (Å²) in [6.45, 7) is 2.56. The van der Waals surface area contributed by atoms with Gasteiger partial charge in [0, 0.05) is 11.6 Å². The Morgan fingerprint density at radius 1 is 1.10 bits per heavy atom. The van der Waals surface area contributed by atoms with Crippen LogP contribution in [-0.2, 0) is 6.61 Å². The Morgan fingerprint density at radius 2 is 1.90 bits per heavy atom. The number of benzene rings is 2. The minimum atomic E-state index is 0.382. The van der Waals surface area contributed by atoms with Crippen LogP contribution in [0.15, 0.2) is 59.1 Å². The molecule has 1 heterocycles. The van der Waals surface area contributed by atoms with Gasteiger partial charge < -0.3 is 15.0 Å². The molecule has 0 radical (unpaired) electrons. The Labute approximate surface area is 123 Å². The number of aryl methyl sites for hydroxylation is 1. The molecule has 0 fully saturated rings. The molecule has 0 spiro atoms. The lowest BCUT2D eigenvalue weighted by Crippen LogP contribution is -1.96. The third-order valence-electron chi connectivity index (χ3n) is 3.22. The highest BCUT2D eigenvalue weighted by atomic mass is 16.5. The number of nitrogen functional groups attached to an aromatic ring is 1. The first-order chi connectivity index (χ1) is 10.2. The third-order valence-corrected chi connectivity index (χ3v) is 3.22. The summed E-state index contributed by atoms with van der Waals surface area (Å²) in [4.78, 5) is 0. The topological polar surface area (TPSA) is 61.3 Å². The average molecular weight is 280 g/mol. The minimum Gasteiger partial charge on any atom is -0.489 e. The van der Waals surface area contributed by atoms with Crippen molar-refractivity contribution in [3.63, 3.8) is 0 Å². The summed E-state index contributed by atoms with van der Waals surface area (Å²) in [5.41, 5.74) is 8.68. The summed E-state index contributed by atoms with van der Waals surface area (Å²) in [5, 5.41) is 3.69. The summed E-state index contributed by atoms with van der Waals surface area (Å²) in [5.74, 6) is 1.90. The smallest absolute Gasteiger partial charge is 0.169 e. The van der Waals surface area contributed by atoms with Gasteiger partial charge in [-0.3, -0.25) is 0 Å². The van der Waals surface area contributed by atoms with Crippen molar-refractivity contribution in [3.8, 4) is 17.1 Å². The summed E-state index contributed by atoms with van der Waals surface area (Å²) < 4.78 is 11.0. The van der Waals surface area contributed by atoms with Crippen molar-refractivity contribution in [2.45, 2.75) is 13.5 Å².